The second-order valence-corrected chi connectivity index (χ2v) is 5.44. The van der Waals surface area contributed by atoms with Crippen LogP contribution in [0.15, 0.2) is 0 Å². The Morgan fingerprint density at radius 3 is 2.19 bits per heavy atom. The van der Waals surface area contributed by atoms with Crippen LogP contribution in [0.2, 0.25) is 0 Å². The van der Waals surface area contributed by atoms with Crippen molar-refractivity contribution in [2.45, 2.75) is 50.5 Å². The minimum atomic E-state index is -2.41. The average Bonchev–Trinajstić information content (AvgIpc) is 2.24. The van der Waals surface area contributed by atoms with Crippen molar-refractivity contribution in [2.75, 3.05) is 19.6 Å². The number of rotatable bonds is 2. The maximum absolute atomic E-state index is 13.0. The molecule has 2 N–H and O–H groups in total. The van der Waals surface area contributed by atoms with Crippen LogP contribution in [0.4, 0.5) is 8.78 Å². The molecule has 0 aromatic heterocycles. The molecule has 0 radical (unpaired) electrons. The Morgan fingerprint density at radius 2 is 1.62 bits per heavy atom. The molecule has 1 aliphatic carbocycles. The molecule has 0 unspecified atom stereocenters. The summed E-state index contributed by atoms with van der Waals surface area (Å²) in [6, 6.07) is 0.377. The highest BCUT2D eigenvalue weighted by Crippen LogP contribution is 2.30. The number of hydrogen-bond donors (Lipinski definition) is 1. The van der Waals surface area contributed by atoms with Crippen LogP contribution in [-0.2, 0) is 0 Å². The molecule has 2 rings (SSSR count). The van der Waals surface area contributed by atoms with Gasteiger partial charge in [0, 0.05) is 38.5 Å². The van der Waals surface area contributed by atoms with Crippen molar-refractivity contribution >= 4 is 0 Å². The Kier molecular flexibility index (Phi) is 3.80. The van der Waals surface area contributed by atoms with E-state index in [1.807, 2.05) is 0 Å². The second kappa shape index (κ2) is 4.96. The van der Waals surface area contributed by atoms with E-state index in [2.05, 4.69) is 4.90 Å². The fourth-order valence-electron chi connectivity index (χ4n) is 2.80. The second-order valence-electron chi connectivity index (χ2n) is 5.44. The molecule has 1 saturated heterocycles. The Labute approximate surface area is 96.2 Å². The molecule has 0 atom stereocenters. The van der Waals surface area contributed by atoms with Crippen molar-refractivity contribution in [3.05, 3.63) is 0 Å². The molecular formula is C12H22F2N2. The van der Waals surface area contributed by atoms with Gasteiger partial charge in [0.25, 0.3) is 5.92 Å². The number of nitrogens with zero attached hydrogens (tertiary/aromatic N) is 1. The van der Waals surface area contributed by atoms with E-state index in [4.69, 9.17) is 5.73 Å². The van der Waals surface area contributed by atoms with E-state index in [0.717, 1.165) is 19.4 Å². The van der Waals surface area contributed by atoms with Gasteiger partial charge in [-0.1, -0.05) is 0 Å². The molecule has 16 heavy (non-hydrogen) atoms. The molecule has 94 valence electrons. The van der Waals surface area contributed by atoms with Crippen molar-refractivity contribution in [3.8, 4) is 0 Å². The molecule has 0 amide bonds. The molecule has 1 saturated carbocycles. The first-order valence-corrected chi connectivity index (χ1v) is 6.41. The van der Waals surface area contributed by atoms with E-state index in [0.29, 0.717) is 25.0 Å². The summed E-state index contributed by atoms with van der Waals surface area (Å²) in [5.74, 6) is -1.72. The van der Waals surface area contributed by atoms with Gasteiger partial charge in [-0.15, -0.1) is 0 Å². The van der Waals surface area contributed by atoms with Gasteiger partial charge < -0.3 is 10.6 Å². The van der Waals surface area contributed by atoms with Crippen molar-refractivity contribution in [1.29, 1.82) is 0 Å². The lowest BCUT2D eigenvalue weighted by molar-refractivity contribution is -0.0580. The predicted octanol–water partition coefficient (Wildman–Crippen LogP) is 2.24. The monoisotopic (exact) mass is 232 g/mol. The number of piperidine rings is 1. The molecule has 1 aliphatic heterocycles. The summed E-state index contributed by atoms with van der Waals surface area (Å²) < 4.78 is 25.9. The Morgan fingerprint density at radius 1 is 1.06 bits per heavy atom. The van der Waals surface area contributed by atoms with Gasteiger partial charge in [0.1, 0.15) is 0 Å². The molecule has 0 spiro atoms. The quantitative estimate of drug-likeness (QED) is 0.791. The topological polar surface area (TPSA) is 29.3 Å². The fraction of sp³-hybridized carbons (Fsp3) is 1.00. The Balaban J connectivity index is 1.71. The summed E-state index contributed by atoms with van der Waals surface area (Å²) in [6.07, 6.45) is 4.64. The molecule has 2 fully saturated rings. The third-order valence-electron chi connectivity index (χ3n) is 4.00. The van der Waals surface area contributed by atoms with Gasteiger partial charge >= 0.3 is 0 Å². The van der Waals surface area contributed by atoms with Crippen molar-refractivity contribution in [2.24, 2.45) is 11.7 Å². The molecule has 1 heterocycles. The van der Waals surface area contributed by atoms with Gasteiger partial charge in [-0.05, 0) is 31.6 Å². The highest BCUT2D eigenvalue weighted by Gasteiger charge is 2.34. The van der Waals surface area contributed by atoms with Gasteiger partial charge in [0.2, 0.25) is 0 Å². The first-order chi connectivity index (χ1) is 7.55. The van der Waals surface area contributed by atoms with E-state index in [1.165, 1.54) is 12.8 Å². The number of hydrogen-bond acceptors (Lipinski definition) is 2. The summed E-state index contributed by atoms with van der Waals surface area (Å²) in [5, 5.41) is 0. The standard InChI is InChI=1S/C12H22F2N2/c13-12(14)5-7-16(8-6-12)9-10-1-3-11(15)4-2-10/h10-11H,1-9,15H2. The lowest BCUT2D eigenvalue weighted by atomic mass is 9.86. The van der Waals surface area contributed by atoms with Crippen LogP contribution >= 0.6 is 0 Å². The molecule has 0 bridgehead atoms. The van der Waals surface area contributed by atoms with Crippen LogP contribution in [-0.4, -0.2) is 36.5 Å². The van der Waals surface area contributed by atoms with E-state index in [1.54, 1.807) is 0 Å². The molecule has 4 heteroatoms. The number of nitrogens with two attached hydrogens (primary N) is 1. The number of halogens is 2. The van der Waals surface area contributed by atoms with Crippen LogP contribution in [0.3, 0.4) is 0 Å². The summed E-state index contributed by atoms with van der Waals surface area (Å²) in [5.41, 5.74) is 5.85. The lowest BCUT2D eigenvalue weighted by Gasteiger charge is -2.36. The van der Waals surface area contributed by atoms with Crippen LogP contribution < -0.4 is 5.73 Å². The van der Waals surface area contributed by atoms with Gasteiger partial charge in [-0.3, -0.25) is 0 Å². The average molecular weight is 232 g/mol. The van der Waals surface area contributed by atoms with Crippen LogP contribution in [0.1, 0.15) is 38.5 Å². The molecular weight excluding hydrogens is 210 g/mol. The summed E-state index contributed by atoms with van der Waals surface area (Å²) in [7, 11) is 0. The maximum Gasteiger partial charge on any atom is 0.250 e. The molecule has 2 nitrogen and oxygen atoms in total. The van der Waals surface area contributed by atoms with E-state index < -0.39 is 5.92 Å². The van der Waals surface area contributed by atoms with Crippen LogP contribution in [0.5, 0.6) is 0 Å². The minimum absolute atomic E-state index is 0.0409. The number of alkyl halides is 2. The third-order valence-corrected chi connectivity index (χ3v) is 4.00. The summed E-state index contributed by atoms with van der Waals surface area (Å²) in [6.45, 7) is 2.13. The SMILES string of the molecule is NC1CCC(CN2CCC(F)(F)CC2)CC1. The zero-order chi connectivity index (χ0) is 11.6. The fourth-order valence-corrected chi connectivity index (χ4v) is 2.80. The first kappa shape index (κ1) is 12.2. The van der Waals surface area contributed by atoms with Crippen molar-refractivity contribution in [1.82, 2.24) is 4.90 Å². The van der Waals surface area contributed by atoms with Crippen molar-refractivity contribution < 1.29 is 8.78 Å². The highest BCUT2D eigenvalue weighted by atomic mass is 19.3. The Hall–Kier alpha value is -0.220. The predicted molar refractivity (Wildman–Crippen MR) is 60.6 cm³/mol. The summed E-state index contributed by atoms with van der Waals surface area (Å²) in [4.78, 5) is 2.21. The van der Waals surface area contributed by atoms with E-state index >= 15 is 0 Å². The zero-order valence-electron chi connectivity index (χ0n) is 9.80. The lowest BCUT2D eigenvalue weighted by Crippen LogP contribution is -2.42. The zero-order valence-corrected chi connectivity index (χ0v) is 9.80. The highest BCUT2D eigenvalue weighted by molar-refractivity contribution is 4.81. The minimum Gasteiger partial charge on any atom is -0.328 e. The van der Waals surface area contributed by atoms with Gasteiger partial charge in [0.15, 0.2) is 0 Å². The largest absolute Gasteiger partial charge is 0.328 e. The van der Waals surface area contributed by atoms with E-state index in [9.17, 15) is 8.78 Å². The molecule has 2 aliphatic rings. The third kappa shape index (κ3) is 3.39. The first-order valence-electron chi connectivity index (χ1n) is 6.41. The van der Waals surface area contributed by atoms with E-state index in [-0.39, 0.29) is 12.8 Å². The molecule has 0 aromatic rings. The van der Waals surface area contributed by atoms with Crippen LogP contribution in [0.25, 0.3) is 0 Å². The van der Waals surface area contributed by atoms with Crippen LogP contribution in [0, 0.1) is 5.92 Å². The summed E-state index contributed by atoms with van der Waals surface area (Å²) >= 11 is 0. The van der Waals surface area contributed by atoms with Gasteiger partial charge in [-0.2, -0.15) is 0 Å². The molecule has 0 aromatic carbocycles. The maximum atomic E-state index is 13.0. The van der Waals surface area contributed by atoms with Gasteiger partial charge in [-0.25, -0.2) is 8.78 Å². The normalized spacial score (nSPS) is 36.2. The Bertz CT molecular complexity index is 215. The van der Waals surface area contributed by atoms with Crippen molar-refractivity contribution in [3.63, 3.8) is 0 Å². The number of likely N-dealkylation sites (tertiary alicyclic amines) is 1. The smallest absolute Gasteiger partial charge is 0.250 e. The van der Waals surface area contributed by atoms with Gasteiger partial charge in [0.05, 0.1) is 0 Å².